The minimum Gasteiger partial charge on any atom is -0.328 e. The minimum atomic E-state index is -0.0728. The highest BCUT2D eigenvalue weighted by atomic mass is 15.1. The predicted octanol–water partition coefficient (Wildman–Crippen LogP) is 3.47. The molecule has 0 amide bonds. The summed E-state index contributed by atoms with van der Waals surface area (Å²) >= 11 is 0. The van der Waals surface area contributed by atoms with E-state index in [9.17, 15) is 0 Å². The first-order valence-electron chi connectivity index (χ1n) is 5.61. The maximum atomic E-state index is 5.72. The molecule has 2 rings (SSSR count). The van der Waals surface area contributed by atoms with Crippen LogP contribution in [0.5, 0.6) is 0 Å². The molecule has 2 aromatic carbocycles. The first-order chi connectivity index (χ1) is 8.40. The van der Waals surface area contributed by atoms with Gasteiger partial charge in [-0.25, -0.2) is 0 Å². The molecule has 0 bridgehead atoms. The van der Waals surface area contributed by atoms with Crippen LogP contribution in [0.15, 0.2) is 70.9 Å². The van der Waals surface area contributed by atoms with E-state index < -0.39 is 0 Å². The Kier molecular flexibility index (Phi) is 4.00. The lowest BCUT2D eigenvalue weighted by atomic mass is 10.1. The second kappa shape index (κ2) is 5.92. The third-order valence-corrected chi connectivity index (χ3v) is 2.48. The fourth-order valence-corrected chi connectivity index (χ4v) is 1.56. The van der Waals surface area contributed by atoms with E-state index in [1.165, 1.54) is 0 Å². The van der Waals surface area contributed by atoms with Crippen LogP contribution in [0.1, 0.15) is 11.6 Å². The Bertz CT molecular complexity index is 465. The lowest BCUT2D eigenvalue weighted by molar-refractivity contribution is 0.699. The molecule has 0 aliphatic rings. The van der Waals surface area contributed by atoms with Gasteiger partial charge in [0.2, 0.25) is 0 Å². The molecule has 0 saturated heterocycles. The number of nitrogens with zero attached hydrogens (tertiary/aromatic N) is 2. The van der Waals surface area contributed by atoms with E-state index in [1.807, 2.05) is 60.7 Å². The van der Waals surface area contributed by atoms with Crippen LogP contribution in [0, 0.1) is 0 Å². The van der Waals surface area contributed by atoms with Crippen LogP contribution >= 0.6 is 0 Å². The minimum absolute atomic E-state index is 0.0728. The van der Waals surface area contributed by atoms with E-state index in [-0.39, 0.29) is 6.04 Å². The molecule has 0 aliphatic heterocycles. The maximum absolute atomic E-state index is 5.72. The van der Waals surface area contributed by atoms with Gasteiger partial charge in [-0.2, -0.15) is 10.2 Å². The van der Waals surface area contributed by atoms with Crippen molar-refractivity contribution in [3.05, 3.63) is 66.2 Å². The first kappa shape index (κ1) is 11.5. The molecule has 3 nitrogen and oxygen atoms in total. The maximum Gasteiger partial charge on any atom is 0.108 e. The van der Waals surface area contributed by atoms with Crippen molar-refractivity contribution in [1.82, 2.24) is 0 Å². The van der Waals surface area contributed by atoms with E-state index in [4.69, 9.17) is 5.73 Å². The summed E-state index contributed by atoms with van der Waals surface area (Å²) in [6.07, 6.45) is 0. The molecular weight excluding hydrogens is 210 g/mol. The van der Waals surface area contributed by atoms with Crippen LogP contribution in [0.2, 0.25) is 0 Å². The fraction of sp³-hybridized carbons (Fsp3) is 0.143. The van der Waals surface area contributed by atoms with E-state index in [0.29, 0.717) is 6.54 Å². The van der Waals surface area contributed by atoms with Crippen LogP contribution in [0.3, 0.4) is 0 Å². The molecule has 2 N–H and O–H groups in total. The summed E-state index contributed by atoms with van der Waals surface area (Å²) in [6, 6.07) is 19.6. The van der Waals surface area contributed by atoms with Gasteiger partial charge in [-0.3, -0.25) is 0 Å². The molecule has 17 heavy (non-hydrogen) atoms. The van der Waals surface area contributed by atoms with E-state index in [1.54, 1.807) is 0 Å². The fourth-order valence-electron chi connectivity index (χ4n) is 1.56. The topological polar surface area (TPSA) is 50.7 Å². The molecule has 2 aromatic rings. The van der Waals surface area contributed by atoms with Crippen LogP contribution in [0.4, 0.5) is 5.69 Å². The zero-order valence-electron chi connectivity index (χ0n) is 9.53. The first-order valence-corrected chi connectivity index (χ1v) is 5.61. The Morgan fingerprint density at radius 1 is 0.882 bits per heavy atom. The number of rotatable bonds is 4. The van der Waals surface area contributed by atoms with Gasteiger partial charge in [0.15, 0.2) is 0 Å². The highest BCUT2D eigenvalue weighted by Crippen LogP contribution is 2.19. The molecule has 0 aliphatic carbocycles. The summed E-state index contributed by atoms with van der Waals surface area (Å²) in [6.45, 7) is 0.459. The lowest BCUT2D eigenvalue weighted by Gasteiger charge is -2.08. The van der Waals surface area contributed by atoms with Gasteiger partial charge in [0.05, 0.1) is 5.69 Å². The third kappa shape index (κ3) is 3.23. The summed E-state index contributed by atoms with van der Waals surface area (Å²) in [5, 5.41) is 8.48. The molecule has 1 unspecified atom stereocenters. The molecule has 0 spiro atoms. The van der Waals surface area contributed by atoms with Crippen LogP contribution in [-0.2, 0) is 0 Å². The quantitative estimate of drug-likeness (QED) is 0.796. The van der Waals surface area contributed by atoms with Crippen molar-refractivity contribution in [3.63, 3.8) is 0 Å². The highest BCUT2D eigenvalue weighted by Gasteiger charge is 2.06. The zero-order chi connectivity index (χ0) is 11.9. The van der Waals surface area contributed by atoms with Crippen LogP contribution in [-0.4, -0.2) is 6.54 Å². The molecular formula is C14H15N3. The van der Waals surface area contributed by atoms with Gasteiger partial charge in [0.1, 0.15) is 6.04 Å². The molecule has 0 aromatic heterocycles. The molecule has 0 heterocycles. The number of hydrogen-bond donors (Lipinski definition) is 1. The summed E-state index contributed by atoms with van der Waals surface area (Å²) in [5.74, 6) is 0. The van der Waals surface area contributed by atoms with Gasteiger partial charge in [-0.05, 0) is 17.7 Å². The Labute approximate surface area is 101 Å². The van der Waals surface area contributed by atoms with Crippen molar-refractivity contribution in [2.24, 2.45) is 16.0 Å². The van der Waals surface area contributed by atoms with E-state index in [0.717, 1.165) is 11.3 Å². The molecule has 1 atom stereocenters. The van der Waals surface area contributed by atoms with Gasteiger partial charge < -0.3 is 5.73 Å². The Morgan fingerprint density at radius 2 is 1.47 bits per heavy atom. The highest BCUT2D eigenvalue weighted by molar-refractivity contribution is 5.34. The van der Waals surface area contributed by atoms with Crippen molar-refractivity contribution in [2.75, 3.05) is 6.54 Å². The normalized spacial score (nSPS) is 12.8. The van der Waals surface area contributed by atoms with Crippen LogP contribution < -0.4 is 5.73 Å². The van der Waals surface area contributed by atoms with E-state index >= 15 is 0 Å². The molecule has 3 heteroatoms. The van der Waals surface area contributed by atoms with Gasteiger partial charge in [0.25, 0.3) is 0 Å². The third-order valence-electron chi connectivity index (χ3n) is 2.48. The number of azo groups is 1. The summed E-state index contributed by atoms with van der Waals surface area (Å²) < 4.78 is 0. The van der Waals surface area contributed by atoms with Gasteiger partial charge in [-0.1, -0.05) is 48.5 Å². The van der Waals surface area contributed by atoms with Crippen molar-refractivity contribution in [2.45, 2.75) is 6.04 Å². The number of benzene rings is 2. The van der Waals surface area contributed by atoms with Gasteiger partial charge in [-0.15, -0.1) is 0 Å². The van der Waals surface area contributed by atoms with Crippen molar-refractivity contribution < 1.29 is 0 Å². The number of hydrogen-bond acceptors (Lipinski definition) is 3. The average molecular weight is 225 g/mol. The predicted molar refractivity (Wildman–Crippen MR) is 69.2 cm³/mol. The molecule has 0 fully saturated rings. The summed E-state index contributed by atoms with van der Waals surface area (Å²) in [5.41, 5.74) is 7.66. The Hall–Kier alpha value is -2.00. The standard InChI is InChI=1S/C14H15N3/c15-11-14(12-7-3-1-4-8-12)17-16-13-9-5-2-6-10-13/h1-10,14H,11,15H2. The van der Waals surface area contributed by atoms with E-state index in [2.05, 4.69) is 10.2 Å². The van der Waals surface area contributed by atoms with Crippen molar-refractivity contribution in [1.29, 1.82) is 0 Å². The average Bonchev–Trinajstić information content (AvgIpc) is 2.42. The number of nitrogens with two attached hydrogens (primary N) is 1. The summed E-state index contributed by atoms with van der Waals surface area (Å²) in [7, 11) is 0. The van der Waals surface area contributed by atoms with Crippen LogP contribution in [0.25, 0.3) is 0 Å². The second-order valence-corrected chi connectivity index (χ2v) is 3.71. The van der Waals surface area contributed by atoms with Crippen molar-refractivity contribution >= 4 is 5.69 Å². The zero-order valence-corrected chi connectivity index (χ0v) is 9.53. The smallest absolute Gasteiger partial charge is 0.108 e. The Morgan fingerprint density at radius 3 is 2.06 bits per heavy atom. The monoisotopic (exact) mass is 225 g/mol. The Balaban J connectivity index is 2.14. The molecule has 0 saturated carbocycles. The largest absolute Gasteiger partial charge is 0.328 e. The molecule has 86 valence electrons. The lowest BCUT2D eigenvalue weighted by Crippen LogP contribution is -2.09. The summed E-state index contributed by atoms with van der Waals surface area (Å²) in [4.78, 5) is 0. The SMILES string of the molecule is NCC(N=Nc1ccccc1)c1ccccc1. The molecule has 0 radical (unpaired) electrons. The van der Waals surface area contributed by atoms with Gasteiger partial charge >= 0.3 is 0 Å². The van der Waals surface area contributed by atoms with Crippen molar-refractivity contribution in [3.8, 4) is 0 Å². The second-order valence-electron chi connectivity index (χ2n) is 3.71. The van der Waals surface area contributed by atoms with Gasteiger partial charge in [0, 0.05) is 6.54 Å².